The van der Waals surface area contributed by atoms with Gasteiger partial charge in [0.1, 0.15) is 17.7 Å². The number of carbonyl (C=O) groups excluding carboxylic acids is 2. The average molecular weight is 348 g/mol. The van der Waals surface area contributed by atoms with Gasteiger partial charge >= 0.3 is 5.97 Å². The second kappa shape index (κ2) is 7.35. The minimum absolute atomic E-state index is 0.00979. The zero-order valence-electron chi connectivity index (χ0n) is 14.8. The lowest BCUT2D eigenvalue weighted by molar-refractivity contribution is -0.121. The predicted octanol–water partition coefficient (Wildman–Crippen LogP) is 0.629. The molecule has 1 aromatic rings. The van der Waals surface area contributed by atoms with Crippen molar-refractivity contribution in [1.29, 1.82) is 0 Å². The van der Waals surface area contributed by atoms with Crippen LogP contribution in [0, 0.1) is 11.8 Å². The van der Waals surface area contributed by atoms with Crippen molar-refractivity contribution in [2.45, 2.75) is 31.9 Å². The van der Waals surface area contributed by atoms with Crippen LogP contribution in [0.2, 0.25) is 0 Å². The molecule has 1 amide bonds. The molecule has 0 spiro atoms. The number of hydrogen-bond acceptors (Lipinski definition) is 7. The fourth-order valence-corrected chi connectivity index (χ4v) is 4.09. The van der Waals surface area contributed by atoms with Crippen molar-refractivity contribution >= 4 is 17.7 Å². The van der Waals surface area contributed by atoms with E-state index in [4.69, 9.17) is 9.47 Å². The summed E-state index contributed by atoms with van der Waals surface area (Å²) in [5.41, 5.74) is 0.380. The summed E-state index contributed by atoms with van der Waals surface area (Å²) in [5, 5.41) is 3.01. The number of esters is 1. The molecule has 0 aromatic carbocycles. The normalized spacial score (nSPS) is 28.4. The molecule has 0 radical (unpaired) electrons. The topological polar surface area (TPSA) is 93.6 Å². The highest BCUT2D eigenvalue weighted by Gasteiger charge is 2.43. The SMILES string of the molecule is COC(=O)c1cncnc1N1C[C@H]2C[C@@H](NC(C)=O)[C@H](OC)C[C@H]2C1. The summed E-state index contributed by atoms with van der Waals surface area (Å²) < 4.78 is 10.4. The number of amides is 1. The third-order valence-corrected chi connectivity index (χ3v) is 5.20. The monoisotopic (exact) mass is 348 g/mol. The van der Waals surface area contributed by atoms with Crippen LogP contribution in [0.1, 0.15) is 30.1 Å². The molecule has 136 valence electrons. The van der Waals surface area contributed by atoms with Gasteiger partial charge in [0.25, 0.3) is 0 Å². The quantitative estimate of drug-likeness (QED) is 0.798. The van der Waals surface area contributed by atoms with Gasteiger partial charge in [-0.05, 0) is 24.7 Å². The largest absolute Gasteiger partial charge is 0.465 e. The van der Waals surface area contributed by atoms with E-state index in [1.807, 2.05) is 0 Å². The minimum atomic E-state index is -0.434. The first-order chi connectivity index (χ1) is 12.0. The van der Waals surface area contributed by atoms with Crippen molar-refractivity contribution in [2.75, 3.05) is 32.2 Å². The van der Waals surface area contributed by atoms with Gasteiger partial charge in [0, 0.05) is 33.3 Å². The molecule has 8 heteroatoms. The highest BCUT2D eigenvalue weighted by atomic mass is 16.5. The number of fused-ring (bicyclic) bond motifs is 1. The molecule has 1 aromatic heterocycles. The van der Waals surface area contributed by atoms with Gasteiger partial charge in [0.05, 0.1) is 19.3 Å². The fraction of sp³-hybridized carbons (Fsp3) is 0.647. The number of rotatable bonds is 4. The lowest BCUT2D eigenvalue weighted by Gasteiger charge is -2.37. The zero-order valence-corrected chi connectivity index (χ0v) is 14.8. The Hall–Kier alpha value is -2.22. The Morgan fingerprint density at radius 2 is 1.96 bits per heavy atom. The zero-order chi connectivity index (χ0) is 18.0. The maximum absolute atomic E-state index is 12.0. The van der Waals surface area contributed by atoms with E-state index in [0.717, 1.165) is 25.9 Å². The van der Waals surface area contributed by atoms with Gasteiger partial charge in [-0.15, -0.1) is 0 Å². The summed E-state index contributed by atoms with van der Waals surface area (Å²) in [4.78, 5) is 33.8. The van der Waals surface area contributed by atoms with Crippen LogP contribution in [-0.2, 0) is 14.3 Å². The van der Waals surface area contributed by atoms with E-state index in [9.17, 15) is 9.59 Å². The molecule has 2 heterocycles. The van der Waals surface area contributed by atoms with Crippen molar-refractivity contribution in [2.24, 2.45) is 11.8 Å². The van der Waals surface area contributed by atoms with Gasteiger partial charge in [-0.1, -0.05) is 0 Å². The second-order valence-corrected chi connectivity index (χ2v) is 6.73. The van der Waals surface area contributed by atoms with E-state index in [1.54, 1.807) is 7.11 Å². The number of ether oxygens (including phenoxy) is 2. The number of methoxy groups -OCH3 is 2. The van der Waals surface area contributed by atoms with Crippen LogP contribution >= 0.6 is 0 Å². The Morgan fingerprint density at radius 1 is 1.24 bits per heavy atom. The molecule has 1 aliphatic carbocycles. The number of hydrogen-bond donors (Lipinski definition) is 1. The molecule has 2 fully saturated rings. The van der Waals surface area contributed by atoms with Crippen molar-refractivity contribution in [3.8, 4) is 0 Å². The van der Waals surface area contributed by atoms with Gasteiger partial charge in [-0.3, -0.25) is 4.79 Å². The highest BCUT2D eigenvalue weighted by molar-refractivity contribution is 5.94. The fourth-order valence-electron chi connectivity index (χ4n) is 4.09. The standard InChI is InChI=1S/C17H24N4O4/c1-10(22)20-14-4-11-7-21(8-12(11)5-15(14)24-2)16-13(17(23)25-3)6-18-9-19-16/h6,9,11-12,14-15H,4-5,7-8H2,1-3H3,(H,20,22)/t11-,12+,14-,15-/m1/s1. The Morgan fingerprint density at radius 3 is 2.60 bits per heavy atom. The third-order valence-electron chi connectivity index (χ3n) is 5.20. The summed E-state index contributed by atoms with van der Waals surface area (Å²) >= 11 is 0. The molecule has 0 bridgehead atoms. The van der Waals surface area contributed by atoms with Gasteiger partial charge in [0.2, 0.25) is 5.91 Å². The van der Waals surface area contributed by atoms with E-state index in [2.05, 4.69) is 20.2 Å². The Bertz CT molecular complexity index is 653. The Kier molecular flexibility index (Phi) is 5.17. The molecule has 2 aliphatic rings. The van der Waals surface area contributed by atoms with Crippen LogP contribution in [0.5, 0.6) is 0 Å². The van der Waals surface area contributed by atoms with Crippen molar-refractivity contribution in [3.05, 3.63) is 18.1 Å². The van der Waals surface area contributed by atoms with Crippen molar-refractivity contribution in [3.63, 3.8) is 0 Å². The number of aromatic nitrogens is 2. The smallest absolute Gasteiger partial charge is 0.343 e. The molecule has 1 aliphatic heterocycles. The van der Waals surface area contributed by atoms with Gasteiger partial charge in [-0.2, -0.15) is 0 Å². The van der Waals surface area contributed by atoms with Gasteiger partial charge < -0.3 is 19.7 Å². The van der Waals surface area contributed by atoms with Gasteiger partial charge in [0.15, 0.2) is 0 Å². The Balaban J connectivity index is 1.78. The molecule has 3 rings (SSSR count). The third kappa shape index (κ3) is 3.58. The molecule has 1 saturated carbocycles. The second-order valence-electron chi connectivity index (χ2n) is 6.73. The Labute approximate surface area is 146 Å². The van der Waals surface area contributed by atoms with E-state index in [-0.39, 0.29) is 18.1 Å². The lowest BCUT2D eigenvalue weighted by Crippen LogP contribution is -2.49. The minimum Gasteiger partial charge on any atom is -0.465 e. The molecule has 25 heavy (non-hydrogen) atoms. The number of nitrogens with zero attached hydrogens (tertiary/aromatic N) is 3. The van der Waals surface area contributed by atoms with E-state index < -0.39 is 5.97 Å². The van der Waals surface area contributed by atoms with E-state index in [0.29, 0.717) is 23.2 Å². The summed E-state index contributed by atoms with van der Waals surface area (Å²) in [5.74, 6) is 1.00. The average Bonchev–Trinajstić information content (AvgIpc) is 3.02. The summed E-state index contributed by atoms with van der Waals surface area (Å²) in [6, 6.07) is 0.0224. The van der Waals surface area contributed by atoms with Crippen LogP contribution in [0.15, 0.2) is 12.5 Å². The van der Waals surface area contributed by atoms with E-state index >= 15 is 0 Å². The maximum Gasteiger partial charge on any atom is 0.343 e. The molecule has 8 nitrogen and oxygen atoms in total. The first-order valence-corrected chi connectivity index (χ1v) is 8.46. The molecule has 4 atom stereocenters. The summed E-state index contributed by atoms with van der Waals surface area (Å²) in [6.07, 6.45) is 4.69. The van der Waals surface area contributed by atoms with Crippen molar-refractivity contribution in [1.82, 2.24) is 15.3 Å². The highest BCUT2D eigenvalue weighted by Crippen LogP contribution is 2.39. The lowest BCUT2D eigenvalue weighted by atomic mass is 9.77. The van der Waals surface area contributed by atoms with Crippen LogP contribution in [0.4, 0.5) is 5.82 Å². The first kappa shape index (κ1) is 17.6. The summed E-state index contributed by atoms with van der Waals surface area (Å²) in [6.45, 7) is 3.12. The van der Waals surface area contributed by atoms with Crippen LogP contribution in [-0.4, -0.2) is 61.3 Å². The number of nitrogens with one attached hydrogen (secondary N) is 1. The summed E-state index contributed by atoms with van der Waals surface area (Å²) in [7, 11) is 3.04. The molecular weight excluding hydrogens is 324 g/mol. The molecule has 1 N–H and O–H groups in total. The molecular formula is C17H24N4O4. The predicted molar refractivity (Wildman–Crippen MR) is 90.2 cm³/mol. The van der Waals surface area contributed by atoms with Crippen LogP contribution in [0.3, 0.4) is 0 Å². The van der Waals surface area contributed by atoms with Crippen LogP contribution in [0.25, 0.3) is 0 Å². The van der Waals surface area contributed by atoms with E-state index in [1.165, 1.54) is 26.6 Å². The van der Waals surface area contributed by atoms with Crippen molar-refractivity contribution < 1.29 is 19.1 Å². The number of anilines is 1. The van der Waals surface area contributed by atoms with Gasteiger partial charge in [-0.25, -0.2) is 14.8 Å². The molecule has 0 unspecified atom stereocenters. The maximum atomic E-state index is 12.0. The van der Waals surface area contributed by atoms with Crippen LogP contribution < -0.4 is 10.2 Å². The number of carbonyl (C=O) groups is 2. The first-order valence-electron chi connectivity index (χ1n) is 8.46. The molecule has 1 saturated heterocycles.